The minimum absolute atomic E-state index is 0.217. The lowest BCUT2D eigenvalue weighted by molar-refractivity contribution is 0.423. The number of nitrogens with zero attached hydrogens (tertiary/aromatic N) is 2. The van der Waals surface area contributed by atoms with Gasteiger partial charge < -0.3 is 5.73 Å². The van der Waals surface area contributed by atoms with Crippen LogP contribution in [-0.2, 0) is 16.6 Å². The molecular formula is C13H18N4O2S. The number of aromatic amines is 1. The van der Waals surface area contributed by atoms with Crippen molar-refractivity contribution in [2.24, 2.45) is 0 Å². The normalized spacial score (nSPS) is 11.9. The van der Waals surface area contributed by atoms with Crippen molar-refractivity contribution in [3.05, 3.63) is 41.7 Å². The molecule has 6 nitrogen and oxygen atoms in total. The van der Waals surface area contributed by atoms with E-state index in [1.165, 1.54) is 10.5 Å². The first-order valence-electron chi connectivity index (χ1n) is 6.29. The fourth-order valence-corrected chi connectivity index (χ4v) is 3.49. The molecule has 0 aliphatic rings. The molecule has 3 N–H and O–H groups in total. The molecule has 0 amide bonds. The summed E-state index contributed by atoms with van der Waals surface area (Å²) in [5, 5.41) is 6.43. The van der Waals surface area contributed by atoms with Crippen molar-refractivity contribution < 1.29 is 8.42 Å². The van der Waals surface area contributed by atoms with Gasteiger partial charge in [-0.15, -0.1) is 0 Å². The topological polar surface area (TPSA) is 92.1 Å². The number of nitrogens with one attached hydrogen (secondary N) is 1. The first-order chi connectivity index (χ1) is 9.45. The van der Waals surface area contributed by atoms with Crippen LogP contribution in [0.25, 0.3) is 0 Å². The number of rotatable bonds is 5. The molecule has 2 aromatic rings. The zero-order chi connectivity index (χ0) is 14.8. The molecule has 0 spiro atoms. The first kappa shape index (κ1) is 14.5. The molecule has 0 unspecified atom stereocenters. The van der Waals surface area contributed by atoms with Crippen LogP contribution in [0.2, 0.25) is 0 Å². The van der Waals surface area contributed by atoms with E-state index in [4.69, 9.17) is 5.73 Å². The minimum Gasteiger partial charge on any atom is -0.399 e. The van der Waals surface area contributed by atoms with Gasteiger partial charge in [-0.2, -0.15) is 9.40 Å². The quantitative estimate of drug-likeness (QED) is 0.818. The Hall–Kier alpha value is -1.86. The number of hydrogen-bond acceptors (Lipinski definition) is 4. The molecule has 0 bridgehead atoms. The summed E-state index contributed by atoms with van der Waals surface area (Å²) in [6, 6.07) is 7.18. The van der Waals surface area contributed by atoms with Crippen molar-refractivity contribution in [1.82, 2.24) is 14.5 Å². The van der Waals surface area contributed by atoms with E-state index in [1.54, 1.807) is 19.1 Å². The lowest BCUT2D eigenvalue weighted by Crippen LogP contribution is -2.30. The minimum atomic E-state index is -3.54. The maximum absolute atomic E-state index is 12.6. The predicted octanol–water partition coefficient (Wildman–Crippen LogP) is 1.51. The Morgan fingerprint density at radius 3 is 2.45 bits per heavy atom. The van der Waals surface area contributed by atoms with Gasteiger partial charge in [-0.05, 0) is 24.6 Å². The SMILES string of the molecule is CCN(Cc1ccc(N)cc1)S(=O)(=O)c1cn[nH]c1C. The van der Waals surface area contributed by atoms with Gasteiger partial charge in [-0.3, -0.25) is 5.10 Å². The monoisotopic (exact) mass is 294 g/mol. The smallest absolute Gasteiger partial charge is 0.246 e. The van der Waals surface area contributed by atoms with Crippen LogP contribution in [-0.4, -0.2) is 29.5 Å². The van der Waals surface area contributed by atoms with E-state index >= 15 is 0 Å². The number of aromatic nitrogens is 2. The van der Waals surface area contributed by atoms with Gasteiger partial charge in [0.1, 0.15) is 4.90 Å². The summed E-state index contributed by atoms with van der Waals surface area (Å²) in [6.45, 7) is 4.20. The largest absolute Gasteiger partial charge is 0.399 e. The van der Waals surface area contributed by atoms with Gasteiger partial charge in [0.25, 0.3) is 0 Å². The molecule has 0 aliphatic carbocycles. The van der Waals surface area contributed by atoms with Gasteiger partial charge in [0.15, 0.2) is 0 Å². The molecule has 0 atom stereocenters. The summed E-state index contributed by atoms with van der Waals surface area (Å²) in [5.74, 6) is 0. The van der Waals surface area contributed by atoms with Gasteiger partial charge in [0, 0.05) is 18.8 Å². The Bertz CT molecular complexity index is 677. The summed E-state index contributed by atoms with van der Waals surface area (Å²) in [4.78, 5) is 0.217. The molecule has 0 aliphatic heterocycles. The molecule has 7 heteroatoms. The molecule has 1 aromatic heterocycles. The van der Waals surface area contributed by atoms with Crippen LogP contribution < -0.4 is 5.73 Å². The van der Waals surface area contributed by atoms with E-state index in [9.17, 15) is 8.42 Å². The second-order valence-electron chi connectivity index (χ2n) is 4.53. The van der Waals surface area contributed by atoms with Crippen molar-refractivity contribution >= 4 is 15.7 Å². The van der Waals surface area contributed by atoms with Crippen LogP contribution in [0.15, 0.2) is 35.4 Å². The highest BCUT2D eigenvalue weighted by atomic mass is 32.2. The van der Waals surface area contributed by atoms with E-state index in [2.05, 4.69) is 10.2 Å². The average molecular weight is 294 g/mol. The van der Waals surface area contributed by atoms with Gasteiger partial charge in [0.2, 0.25) is 10.0 Å². The van der Waals surface area contributed by atoms with Crippen LogP contribution in [0.1, 0.15) is 18.2 Å². The Morgan fingerprint density at radius 2 is 1.95 bits per heavy atom. The van der Waals surface area contributed by atoms with Crippen molar-refractivity contribution in [2.75, 3.05) is 12.3 Å². The third-order valence-corrected chi connectivity index (χ3v) is 5.13. The van der Waals surface area contributed by atoms with Crippen molar-refractivity contribution in [1.29, 1.82) is 0 Å². The number of nitrogens with two attached hydrogens (primary N) is 1. The zero-order valence-corrected chi connectivity index (χ0v) is 12.3. The maximum atomic E-state index is 12.6. The fraction of sp³-hybridized carbons (Fsp3) is 0.308. The second kappa shape index (κ2) is 5.64. The van der Waals surface area contributed by atoms with Crippen LogP contribution in [0.3, 0.4) is 0 Å². The van der Waals surface area contributed by atoms with Crippen molar-refractivity contribution in [3.8, 4) is 0 Å². The second-order valence-corrected chi connectivity index (χ2v) is 6.44. The molecular weight excluding hydrogens is 276 g/mol. The molecule has 0 radical (unpaired) electrons. The first-order valence-corrected chi connectivity index (χ1v) is 7.73. The molecule has 2 rings (SSSR count). The third kappa shape index (κ3) is 2.83. The lowest BCUT2D eigenvalue weighted by Gasteiger charge is -2.20. The Kier molecular flexibility index (Phi) is 4.10. The number of aryl methyl sites for hydroxylation is 1. The van der Waals surface area contributed by atoms with Crippen LogP contribution in [0.4, 0.5) is 5.69 Å². The van der Waals surface area contributed by atoms with Crippen molar-refractivity contribution in [3.63, 3.8) is 0 Å². The Labute approximate surface area is 118 Å². The lowest BCUT2D eigenvalue weighted by atomic mass is 10.2. The number of nitrogen functional groups attached to an aromatic ring is 1. The molecule has 0 saturated carbocycles. The highest BCUT2D eigenvalue weighted by Gasteiger charge is 2.26. The van der Waals surface area contributed by atoms with Gasteiger partial charge in [-0.25, -0.2) is 8.42 Å². The van der Waals surface area contributed by atoms with Crippen LogP contribution >= 0.6 is 0 Å². The molecule has 0 fully saturated rings. The molecule has 0 saturated heterocycles. The number of benzene rings is 1. The number of anilines is 1. The number of sulfonamides is 1. The molecule has 20 heavy (non-hydrogen) atoms. The van der Waals surface area contributed by atoms with E-state index in [0.717, 1.165) is 5.56 Å². The molecule has 1 heterocycles. The number of H-pyrrole nitrogens is 1. The van der Waals surface area contributed by atoms with E-state index in [0.29, 0.717) is 24.5 Å². The van der Waals surface area contributed by atoms with E-state index in [1.807, 2.05) is 19.1 Å². The third-order valence-electron chi connectivity index (χ3n) is 3.09. The average Bonchev–Trinajstić information content (AvgIpc) is 2.85. The summed E-state index contributed by atoms with van der Waals surface area (Å²) in [5.41, 5.74) is 7.72. The number of hydrogen-bond donors (Lipinski definition) is 2. The van der Waals surface area contributed by atoms with Gasteiger partial charge in [0.05, 0.1) is 11.9 Å². The zero-order valence-electron chi connectivity index (χ0n) is 11.5. The summed E-state index contributed by atoms with van der Waals surface area (Å²) in [7, 11) is -3.54. The Morgan fingerprint density at radius 1 is 1.30 bits per heavy atom. The summed E-state index contributed by atoms with van der Waals surface area (Å²) in [6.07, 6.45) is 1.34. The maximum Gasteiger partial charge on any atom is 0.246 e. The van der Waals surface area contributed by atoms with Crippen LogP contribution in [0.5, 0.6) is 0 Å². The van der Waals surface area contributed by atoms with Gasteiger partial charge >= 0.3 is 0 Å². The van der Waals surface area contributed by atoms with Crippen molar-refractivity contribution in [2.45, 2.75) is 25.3 Å². The van der Waals surface area contributed by atoms with Crippen LogP contribution in [0, 0.1) is 6.92 Å². The van der Waals surface area contributed by atoms with Gasteiger partial charge in [-0.1, -0.05) is 19.1 Å². The summed E-state index contributed by atoms with van der Waals surface area (Å²) < 4.78 is 26.5. The standard InChI is InChI=1S/C13H18N4O2S/c1-3-17(9-11-4-6-12(14)7-5-11)20(18,19)13-8-15-16-10(13)2/h4-8H,3,9,14H2,1-2H3,(H,15,16). The fourth-order valence-electron chi connectivity index (χ4n) is 1.93. The molecule has 108 valence electrons. The summed E-state index contributed by atoms with van der Waals surface area (Å²) >= 11 is 0. The van der Waals surface area contributed by atoms with E-state index < -0.39 is 10.0 Å². The highest BCUT2D eigenvalue weighted by Crippen LogP contribution is 2.20. The molecule has 1 aromatic carbocycles. The Balaban J connectivity index is 2.28. The van der Waals surface area contributed by atoms with E-state index in [-0.39, 0.29) is 4.90 Å². The predicted molar refractivity (Wildman–Crippen MR) is 77.4 cm³/mol. The highest BCUT2D eigenvalue weighted by molar-refractivity contribution is 7.89.